The Morgan fingerprint density at radius 2 is 1.69 bits per heavy atom. The highest BCUT2D eigenvalue weighted by atomic mass is 35.5. The molecule has 55 heavy (non-hydrogen) atoms. The lowest BCUT2D eigenvalue weighted by molar-refractivity contribution is -0.122. The molecular formula is C41H54ClN9O4. The average Bonchev–Trinajstić information content (AvgIpc) is 3.21. The molecule has 2 aromatic carbocycles. The van der Waals surface area contributed by atoms with Crippen LogP contribution in [0.3, 0.4) is 0 Å². The number of nitrogens with one attached hydrogen (secondary N) is 4. The van der Waals surface area contributed by atoms with Crippen molar-refractivity contribution in [2.45, 2.75) is 56.9 Å². The summed E-state index contributed by atoms with van der Waals surface area (Å²) in [5.41, 5.74) is 5.07. The third-order valence-electron chi connectivity index (χ3n) is 12.0. The number of benzene rings is 2. The number of carbonyl (C=O) groups excluding carboxylic acids is 3. The Hall–Kier alpha value is -4.75. The summed E-state index contributed by atoms with van der Waals surface area (Å²) in [7, 11) is 7.04. The minimum Gasteiger partial charge on any atom is -0.388 e. The van der Waals surface area contributed by atoms with Crippen LogP contribution in [0.5, 0.6) is 0 Å². The second-order valence-electron chi connectivity index (χ2n) is 15.5. The van der Waals surface area contributed by atoms with E-state index >= 15 is 0 Å². The highest BCUT2D eigenvalue weighted by Gasteiger charge is 2.39. The molecule has 294 valence electrons. The maximum atomic E-state index is 13.7. The summed E-state index contributed by atoms with van der Waals surface area (Å²) in [6.07, 6.45) is 7.84. The van der Waals surface area contributed by atoms with Crippen LogP contribution < -0.4 is 26.4 Å². The fraction of sp³-hybridized carbons (Fsp3) is 0.512. The van der Waals surface area contributed by atoms with Crippen molar-refractivity contribution in [3.63, 3.8) is 0 Å². The highest BCUT2D eigenvalue weighted by Crippen LogP contribution is 2.43. The molecule has 0 radical (unpaired) electrons. The molecule has 1 aromatic heterocycles. The molecule has 3 unspecified atom stereocenters. The number of aryl methyl sites for hydroxylation is 1. The van der Waals surface area contributed by atoms with Crippen LogP contribution in [-0.4, -0.2) is 110 Å². The predicted octanol–water partition coefficient (Wildman–Crippen LogP) is 4.61. The van der Waals surface area contributed by atoms with Gasteiger partial charge < -0.3 is 40.9 Å². The van der Waals surface area contributed by atoms with Gasteiger partial charge >= 0.3 is 0 Å². The van der Waals surface area contributed by atoms with Crippen molar-refractivity contribution in [2.75, 3.05) is 75.9 Å². The van der Waals surface area contributed by atoms with E-state index in [4.69, 9.17) is 17.0 Å². The number of halogens is 1. The van der Waals surface area contributed by atoms with Gasteiger partial charge in [-0.05, 0) is 92.8 Å². The largest absolute Gasteiger partial charge is 0.388 e. The predicted molar refractivity (Wildman–Crippen MR) is 218 cm³/mol. The molecule has 3 atom stereocenters. The highest BCUT2D eigenvalue weighted by molar-refractivity contribution is 6.32. The number of hydrogen-bond acceptors (Lipinski definition) is 10. The van der Waals surface area contributed by atoms with E-state index in [-0.39, 0.29) is 51.9 Å². The lowest BCUT2D eigenvalue weighted by Gasteiger charge is -2.47. The van der Waals surface area contributed by atoms with Crippen LogP contribution in [0.25, 0.3) is 0 Å². The van der Waals surface area contributed by atoms with Crippen LogP contribution >= 0.6 is 11.6 Å². The van der Waals surface area contributed by atoms with Gasteiger partial charge in [0.2, 0.25) is 5.91 Å². The molecule has 4 heterocycles. The molecule has 6 rings (SSSR count). The van der Waals surface area contributed by atoms with E-state index in [1.807, 2.05) is 36.2 Å². The summed E-state index contributed by atoms with van der Waals surface area (Å²) >= 11 is 6.33. The molecule has 3 saturated heterocycles. The Morgan fingerprint density at radius 1 is 1.00 bits per heavy atom. The number of rotatable bonds is 12. The Morgan fingerprint density at radius 3 is 2.35 bits per heavy atom. The zero-order valence-electron chi connectivity index (χ0n) is 32.4. The molecular weight excluding hydrogens is 718 g/mol. The first-order valence-electron chi connectivity index (χ1n) is 19.3. The van der Waals surface area contributed by atoms with Crippen molar-refractivity contribution in [2.24, 2.45) is 18.4 Å². The number of anilines is 3. The van der Waals surface area contributed by atoms with Gasteiger partial charge in [0.05, 0.1) is 23.5 Å². The van der Waals surface area contributed by atoms with E-state index in [1.54, 1.807) is 20.3 Å². The van der Waals surface area contributed by atoms with Gasteiger partial charge in [0.1, 0.15) is 11.3 Å². The summed E-state index contributed by atoms with van der Waals surface area (Å²) in [4.78, 5) is 56.2. The second-order valence-corrected chi connectivity index (χ2v) is 15.9. The van der Waals surface area contributed by atoms with Crippen LogP contribution in [0.4, 0.5) is 17.1 Å². The summed E-state index contributed by atoms with van der Waals surface area (Å²) in [6.45, 7) is 5.04. The minimum atomic E-state index is -0.695. The van der Waals surface area contributed by atoms with Crippen LogP contribution in [-0.2, 0) is 16.6 Å². The Kier molecular flexibility index (Phi) is 12.6. The number of carbonyl (C=O) groups is 3. The van der Waals surface area contributed by atoms with Crippen molar-refractivity contribution in [3.05, 3.63) is 80.7 Å². The van der Waals surface area contributed by atoms with Gasteiger partial charge in [-0.25, -0.2) is 4.68 Å². The van der Waals surface area contributed by atoms with Gasteiger partial charge in [-0.15, -0.1) is 0 Å². The third kappa shape index (κ3) is 8.88. The topological polar surface area (TPSA) is 156 Å². The van der Waals surface area contributed by atoms with Crippen LogP contribution in [0, 0.1) is 16.7 Å². The van der Waals surface area contributed by atoms with E-state index in [0.29, 0.717) is 23.2 Å². The number of likely N-dealkylation sites (N-methyl/N-ethyl adjacent to an activating group) is 1. The number of aromatic nitrogens is 2. The molecule has 3 aliphatic rings. The lowest BCUT2D eigenvalue weighted by atomic mass is 9.71. The van der Waals surface area contributed by atoms with Gasteiger partial charge in [-0.1, -0.05) is 23.7 Å². The quantitative estimate of drug-likeness (QED) is 0.153. The Labute approximate surface area is 328 Å². The molecule has 3 fully saturated rings. The summed E-state index contributed by atoms with van der Waals surface area (Å²) in [5.74, 6) is -0.612. The molecule has 3 aliphatic heterocycles. The molecule has 1 spiro atoms. The second kappa shape index (κ2) is 17.4. The maximum absolute atomic E-state index is 13.7. The molecule has 13 nitrogen and oxygen atoms in total. The molecule has 0 aliphatic carbocycles. The van der Waals surface area contributed by atoms with Crippen molar-refractivity contribution in [3.8, 4) is 0 Å². The van der Waals surface area contributed by atoms with E-state index in [0.717, 1.165) is 89.0 Å². The van der Waals surface area contributed by atoms with Crippen LogP contribution in [0.15, 0.2) is 53.5 Å². The molecule has 3 aromatic rings. The minimum absolute atomic E-state index is 0.0852. The molecule has 0 saturated carbocycles. The molecule has 0 bridgehead atoms. The van der Waals surface area contributed by atoms with E-state index in [9.17, 15) is 19.2 Å². The standard InChI is InChI=1S/C41H54ClN9O4/c1-44-34-23-31(11-12-32(34)37(43)33(6-5-21-52)38(53)45-2)50-17-13-41(14-18-50)15-19-51(20-16-41)39(54)28-9-7-27(8-10-28)29-22-30(26-48(3)25-29)47-35-24-46-49(4)40(55)36(35)42/h7-12,21,23-24,29-30,33,43-44,47H,5-6,13-20,22,25-26H2,1-4H3,(H,45,53). The number of hydrogen-bond donors (Lipinski definition) is 4. The molecule has 14 heteroatoms. The number of likely N-dealkylation sites (tertiary alicyclic amines) is 2. The number of aldehydes is 1. The lowest BCUT2D eigenvalue weighted by Crippen LogP contribution is -2.48. The fourth-order valence-electron chi connectivity index (χ4n) is 8.67. The fourth-order valence-corrected chi connectivity index (χ4v) is 8.90. The van der Waals surface area contributed by atoms with Gasteiger partial charge in [0.25, 0.3) is 11.5 Å². The Balaban J connectivity index is 1.02. The zero-order valence-corrected chi connectivity index (χ0v) is 33.1. The van der Waals surface area contributed by atoms with Crippen molar-refractivity contribution >= 4 is 52.5 Å². The molecule has 2 amide bonds. The van der Waals surface area contributed by atoms with Crippen LogP contribution in [0.2, 0.25) is 5.02 Å². The van der Waals surface area contributed by atoms with Crippen molar-refractivity contribution < 1.29 is 14.4 Å². The monoisotopic (exact) mass is 771 g/mol. The molecule has 4 N–H and O–H groups in total. The maximum Gasteiger partial charge on any atom is 0.287 e. The number of piperidine rings is 3. The first-order valence-corrected chi connectivity index (χ1v) is 19.7. The van der Waals surface area contributed by atoms with Gasteiger partial charge in [-0.2, -0.15) is 5.10 Å². The third-order valence-corrected chi connectivity index (χ3v) is 12.4. The smallest absolute Gasteiger partial charge is 0.287 e. The van der Waals surface area contributed by atoms with Gasteiger partial charge in [-0.3, -0.25) is 14.4 Å². The first kappa shape index (κ1) is 39.9. The van der Waals surface area contributed by atoms with Crippen molar-refractivity contribution in [1.29, 1.82) is 5.41 Å². The van der Waals surface area contributed by atoms with Gasteiger partial charge in [0.15, 0.2) is 0 Å². The summed E-state index contributed by atoms with van der Waals surface area (Å²) in [6, 6.07) is 14.2. The number of nitrogens with zero attached hydrogens (tertiary/aromatic N) is 5. The normalized spacial score (nSPS) is 20.5. The van der Waals surface area contributed by atoms with E-state index < -0.39 is 5.92 Å². The summed E-state index contributed by atoms with van der Waals surface area (Å²) in [5, 5.41) is 22.4. The van der Waals surface area contributed by atoms with Gasteiger partial charge in [0, 0.05) is 95.4 Å². The van der Waals surface area contributed by atoms with Crippen molar-refractivity contribution in [1.82, 2.24) is 24.9 Å². The average molecular weight is 772 g/mol. The van der Waals surface area contributed by atoms with E-state index in [2.05, 4.69) is 56.1 Å². The first-order chi connectivity index (χ1) is 26.4. The summed E-state index contributed by atoms with van der Waals surface area (Å²) < 4.78 is 1.23. The number of amides is 2. The SMILES string of the molecule is CNC(=O)C(CCC=O)C(=N)c1ccc(N2CCC3(CCN(C(=O)c4ccc(C5CC(Nc6cnn(C)c(=O)c6Cl)CN(C)C5)cc4)CC3)CC2)cc1NC. The Bertz CT molecular complexity index is 1930. The van der Waals surface area contributed by atoms with Crippen LogP contribution in [0.1, 0.15) is 72.3 Å². The van der Waals surface area contributed by atoms with E-state index in [1.165, 1.54) is 10.2 Å². The zero-order chi connectivity index (χ0) is 39.3.